The molecular weight excluding hydrogens is 236 g/mol. The maximum atomic E-state index is 10.7. The molecule has 0 aromatic rings. The Balaban J connectivity index is 5.52. The van der Waals surface area contributed by atoms with Crippen molar-refractivity contribution in [2.75, 3.05) is 14.1 Å². The van der Waals surface area contributed by atoms with Gasteiger partial charge in [-0.15, -0.1) is 0 Å². The Kier molecular flexibility index (Phi) is 8.18. The first-order valence-electron chi connectivity index (χ1n) is 6.30. The fraction of sp³-hybridized carbons (Fsp3) is 0.375. The smallest absolute Gasteiger partial charge is 0.126 e. The summed E-state index contributed by atoms with van der Waals surface area (Å²) < 4.78 is 0. The molecular formula is C16H24N2O. The van der Waals surface area contributed by atoms with Gasteiger partial charge in [0.15, 0.2) is 0 Å². The van der Waals surface area contributed by atoms with Crippen molar-refractivity contribution in [3.8, 4) is 0 Å². The van der Waals surface area contributed by atoms with Crippen molar-refractivity contribution in [1.29, 1.82) is 0 Å². The number of carbonyl (C=O) groups is 1. The third-order valence-electron chi connectivity index (χ3n) is 2.88. The molecule has 3 nitrogen and oxygen atoms in total. The Morgan fingerprint density at radius 3 is 2.42 bits per heavy atom. The summed E-state index contributed by atoms with van der Waals surface area (Å²) >= 11 is 0. The van der Waals surface area contributed by atoms with E-state index in [0.717, 1.165) is 28.8 Å². The van der Waals surface area contributed by atoms with Crippen LogP contribution in [0.3, 0.4) is 0 Å². The lowest BCUT2D eigenvalue weighted by atomic mass is 9.99. The number of nitrogens with zero attached hydrogens (tertiary/aromatic N) is 1. The molecule has 0 fully saturated rings. The fourth-order valence-corrected chi connectivity index (χ4v) is 1.52. The summed E-state index contributed by atoms with van der Waals surface area (Å²) in [6.07, 6.45) is 8.29. The van der Waals surface area contributed by atoms with E-state index in [1.165, 1.54) is 0 Å². The summed E-state index contributed by atoms with van der Waals surface area (Å²) in [5.41, 5.74) is 3.97. The van der Waals surface area contributed by atoms with Crippen LogP contribution in [0.4, 0.5) is 0 Å². The van der Waals surface area contributed by atoms with Crippen LogP contribution in [0, 0.1) is 5.92 Å². The monoisotopic (exact) mass is 260 g/mol. The molecule has 0 bridgehead atoms. The number of aldehydes is 1. The third-order valence-corrected chi connectivity index (χ3v) is 2.88. The second-order valence-electron chi connectivity index (χ2n) is 4.28. The van der Waals surface area contributed by atoms with E-state index in [2.05, 4.69) is 16.9 Å². The summed E-state index contributed by atoms with van der Waals surface area (Å²) in [6, 6.07) is 0. The molecule has 0 aliphatic rings. The predicted molar refractivity (Wildman–Crippen MR) is 83.4 cm³/mol. The van der Waals surface area contributed by atoms with E-state index in [9.17, 15) is 4.79 Å². The molecule has 0 amide bonds. The lowest BCUT2D eigenvalue weighted by Crippen LogP contribution is -2.12. The number of rotatable bonds is 7. The summed E-state index contributed by atoms with van der Waals surface area (Å²) in [5, 5.41) is 3.12. The van der Waals surface area contributed by atoms with Gasteiger partial charge in [0, 0.05) is 25.7 Å². The molecule has 0 aromatic carbocycles. The van der Waals surface area contributed by atoms with Gasteiger partial charge < -0.3 is 10.1 Å². The van der Waals surface area contributed by atoms with Gasteiger partial charge >= 0.3 is 0 Å². The van der Waals surface area contributed by atoms with Crippen LogP contribution in [0.1, 0.15) is 20.8 Å². The van der Waals surface area contributed by atoms with E-state index in [1.54, 1.807) is 13.1 Å². The minimum Gasteiger partial charge on any atom is -0.391 e. The van der Waals surface area contributed by atoms with E-state index in [0.29, 0.717) is 0 Å². The zero-order chi connectivity index (χ0) is 14.8. The minimum absolute atomic E-state index is 0.110. The van der Waals surface area contributed by atoms with Crippen LogP contribution in [-0.2, 0) is 4.79 Å². The number of hydrogen-bond donors (Lipinski definition) is 1. The first-order chi connectivity index (χ1) is 9.01. The van der Waals surface area contributed by atoms with E-state index in [-0.39, 0.29) is 5.92 Å². The van der Waals surface area contributed by atoms with Gasteiger partial charge in [-0.05, 0) is 25.0 Å². The highest BCUT2D eigenvalue weighted by Crippen LogP contribution is 2.13. The van der Waals surface area contributed by atoms with E-state index < -0.39 is 0 Å². The molecule has 0 aliphatic carbocycles. The predicted octanol–water partition coefficient (Wildman–Crippen LogP) is 3.07. The van der Waals surface area contributed by atoms with Gasteiger partial charge in [0.1, 0.15) is 6.29 Å². The van der Waals surface area contributed by atoms with Crippen LogP contribution in [0.2, 0.25) is 0 Å². The van der Waals surface area contributed by atoms with Gasteiger partial charge in [-0.1, -0.05) is 37.8 Å². The van der Waals surface area contributed by atoms with Crippen LogP contribution in [-0.4, -0.2) is 26.1 Å². The van der Waals surface area contributed by atoms with Crippen molar-refractivity contribution in [2.45, 2.75) is 20.8 Å². The van der Waals surface area contributed by atoms with Crippen LogP contribution in [0.15, 0.2) is 52.7 Å². The number of nitrogens with one attached hydrogen (secondary N) is 1. The van der Waals surface area contributed by atoms with Crippen molar-refractivity contribution in [3.63, 3.8) is 0 Å². The quantitative estimate of drug-likeness (QED) is 0.434. The van der Waals surface area contributed by atoms with Gasteiger partial charge in [-0.25, -0.2) is 0 Å². The molecule has 1 N–H and O–H groups in total. The van der Waals surface area contributed by atoms with Crippen LogP contribution >= 0.6 is 0 Å². The lowest BCUT2D eigenvalue weighted by molar-refractivity contribution is -0.109. The molecule has 0 radical (unpaired) electrons. The molecule has 3 heteroatoms. The highest BCUT2D eigenvalue weighted by atomic mass is 16.1. The maximum absolute atomic E-state index is 10.7. The Morgan fingerprint density at radius 2 is 2.00 bits per heavy atom. The largest absolute Gasteiger partial charge is 0.391 e. The number of carbonyl (C=O) groups excluding carboxylic acids is 1. The standard InChI is InChI=1S/C16H24N2O/c1-7-8-15(10-9-12(2)11-19)16(18-6)13(3)14(4)17-5/h7-12,17H,1H2,2-6H3/b10-9-,14-13+,15-8+,18-16+. The topological polar surface area (TPSA) is 41.5 Å². The van der Waals surface area contributed by atoms with Crippen molar-refractivity contribution >= 4 is 12.0 Å². The zero-order valence-electron chi connectivity index (χ0n) is 12.5. The van der Waals surface area contributed by atoms with Gasteiger partial charge in [-0.3, -0.25) is 4.99 Å². The molecule has 0 aromatic heterocycles. The van der Waals surface area contributed by atoms with Crippen molar-refractivity contribution in [1.82, 2.24) is 5.32 Å². The molecule has 19 heavy (non-hydrogen) atoms. The van der Waals surface area contributed by atoms with Gasteiger partial charge in [0.05, 0.1) is 5.71 Å². The first kappa shape index (κ1) is 17.1. The van der Waals surface area contributed by atoms with Crippen LogP contribution < -0.4 is 5.32 Å². The highest BCUT2D eigenvalue weighted by molar-refractivity contribution is 6.14. The van der Waals surface area contributed by atoms with Gasteiger partial charge in [-0.2, -0.15) is 0 Å². The summed E-state index contributed by atoms with van der Waals surface area (Å²) in [4.78, 5) is 15.0. The average Bonchev–Trinajstić information content (AvgIpc) is 2.43. The van der Waals surface area contributed by atoms with Crippen LogP contribution in [0.25, 0.3) is 0 Å². The number of aliphatic imine (C=N–C) groups is 1. The van der Waals surface area contributed by atoms with Crippen molar-refractivity contribution in [2.24, 2.45) is 10.9 Å². The average molecular weight is 260 g/mol. The Hall–Kier alpha value is -1.90. The van der Waals surface area contributed by atoms with Gasteiger partial charge in [0.25, 0.3) is 0 Å². The summed E-state index contributed by atoms with van der Waals surface area (Å²) in [5.74, 6) is -0.110. The Labute approximate surface area is 116 Å². The lowest BCUT2D eigenvalue weighted by Gasteiger charge is -2.11. The maximum Gasteiger partial charge on any atom is 0.126 e. The third kappa shape index (κ3) is 5.51. The summed E-state index contributed by atoms with van der Waals surface area (Å²) in [7, 11) is 3.64. The molecule has 0 saturated carbocycles. The van der Waals surface area contributed by atoms with Crippen LogP contribution in [0.5, 0.6) is 0 Å². The number of hydrogen-bond acceptors (Lipinski definition) is 3. The molecule has 0 rings (SSSR count). The summed E-state index contributed by atoms with van der Waals surface area (Å²) in [6.45, 7) is 9.59. The highest BCUT2D eigenvalue weighted by Gasteiger charge is 2.08. The minimum atomic E-state index is -0.110. The zero-order valence-corrected chi connectivity index (χ0v) is 12.5. The van der Waals surface area contributed by atoms with E-state index >= 15 is 0 Å². The van der Waals surface area contributed by atoms with E-state index in [1.807, 2.05) is 46.0 Å². The van der Waals surface area contributed by atoms with Gasteiger partial charge in [0.2, 0.25) is 0 Å². The first-order valence-corrected chi connectivity index (χ1v) is 6.30. The molecule has 0 spiro atoms. The van der Waals surface area contributed by atoms with E-state index in [4.69, 9.17) is 0 Å². The molecule has 0 saturated heterocycles. The van der Waals surface area contributed by atoms with Crippen molar-refractivity contribution < 1.29 is 4.79 Å². The molecule has 0 aliphatic heterocycles. The molecule has 104 valence electrons. The normalized spacial score (nSPS) is 16.1. The Morgan fingerprint density at radius 1 is 1.37 bits per heavy atom. The Bertz CT molecular complexity index is 440. The van der Waals surface area contributed by atoms with Crippen molar-refractivity contribution in [3.05, 3.63) is 47.7 Å². The molecule has 0 heterocycles. The second kappa shape index (κ2) is 9.09. The molecule has 1 atom stereocenters. The fourth-order valence-electron chi connectivity index (χ4n) is 1.52. The molecule has 1 unspecified atom stereocenters. The second-order valence-corrected chi connectivity index (χ2v) is 4.28. The number of allylic oxidation sites excluding steroid dienone is 7. The SMILES string of the molecule is C=C/C=C(\C=C/C(C)C=O)C(=N/C)/C(C)=C(\C)NC.